The molecule has 0 fully saturated rings. The quantitative estimate of drug-likeness (QED) is 0.720. The number of nitrogens with one attached hydrogen (secondary N) is 1. The number of H-pyrrole nitrogens is 1. The summed E-state index contributed by atoms with van der Waals surface area (Å²) in [5, 5.41) is 10.4. The maximum atomic E-state index is 4.31. The van der Waals surface area contributed by atoms with E-state index in [9.17, 15) is 0 Å². The normalized spacial score (nSPS) is 10.4. The molecule has 1 N–H and O–H groups in total. The topological polar surface area (TPSA) is 67.3 Å². The molecule has 5 heteroatoms. The minimum Gasteiger partial charge on any atom is -0.244 e. The van der Waals surface area contributed by atoms with E-state index in [2.05, 4.69) is 25.4 Å². The van der Waals surface area contributed by atoms with Crippen molar-refractivity contribution in [1.82, 2.24) is 25.4 Å². The Morgan fingerprint density at radius 1 is 1.00 bits per heavy atom. The Bertz CT molecular complexity index is 604. The van der Waals surface area contributed by atoms with Crippen LogP contribution in [0.2, 0.25) is 0 Å². The van der Waals surface area contributed by atoms with Crippen LogP contribution in [0, 0.1) is 0 Å². The van der Waals surface area contributed by atoms with E-state index in [0.717, 1.165) is 22.5 Å². The zero-order chi connectivity index (χ0) is 11.5. The average molecular weight is 223 g/mol. The van der Waals surface area contributed by atoms with Crippen LogP contribution >= 0.6 is 0 Å². The second-order valence-electron chi connectivity index (χ2n) is 3.51. The van der Waals surface area contributed by atoms with E-state index in [4.69, 9.17) is 0 Å². The molecule has 3 aromatic rings. The second kappa shape index (κ2) is 4.13. The first kappa shape index (κ1) is 9.65. The number of aromatic nitrogens is 5. The van der Waals surface area contributed by atoms with Crippen molar-refractivity contribution in [3.8, 4) is 22.5 Å². The minimum absolute atomic E-state index is 0.740. The van der Waals surface area contributed by atoms with Gasteiger partial charge in [0.1, 0.15) is 12.0 Å². The number of rotatable bonds is 2. The molecular weight excluding hydrogens is 214 g/mol. The van der Waals surface area contributed by atoms with E-state index in [0.29, 0.717) is 0 Å². The Morgan fingerprint density at radius 3 is 2.65 bits per heavy atom. The van der Waals surface area contributed by atoms with Crippen molar-refractivity contribution in [2.24, 2.45) is 0 Å². The van der Waals surface area contributed by atoms with E-state index >= 15 is 0 Å². The lowest BCUT2D eigenvalue weighted by molar-refractivity contribution is 0.941. The lowest BCUT2D eigenvalue weighted by atomic mass is 10.1. The lowest BCUT2D eigenvalue weighted by Gasteiger charge is -2.04. The van der Waals surface area contributed by atoms with Crippen LogP contribution in [0.25, 0.3) is 22.5 Å². The van der Waals surface area contributed by atoms with Gasteiger partial charge < -0.3 is 0 Å². The van der Waals surface area contributed by atoms with E-state index in [1.165, 1.54) is 6.33 Å². The highest BCUT2D eigenvalue weighted by Crippen LogP contribution is 2.26. The van der Waals surface area contributed by atoms with Crippen molar-refractivity contribution in [2.75, 3.05) is 0 Å². The molecule has 0 aliphatic carbocycles. The maximum Gasteiger partial charge on any atom is 0.116 e. The molecule has 3 rings (SSSR count). The molecule has 0 radical (unpaired) electrons. The van der Waals surface area contributed by atoms with E-state index in [1.54, 1.807) is 12.4 Å². The summed E-state index contributed by atoms with van der Waals surface area (Å²) in [5.41, 5.74) is 3.50. The Balaban J connectivity index is 2.18. The monoisotopic (exact) mass is 223 g/mol. The van der Waals surface area contributed by atoms with Gasteiger partial charge in [-0.3, -0.25) is 0 Å². The third kappa shape index (κ3) is 1.78. The summed E-state index contributed by atoms with van der Waals surface area (Å²) >= 11 is 0. The van der Waals surface area contributed by atoms with Crippen molar-refractivity contribution >= 4 is 0 Å². The van der Waals surface area contributed by atoms with Crippen LogP contribution in [-0.4, -0.2) is 25.4 Å². The molecule has 82 valence electrons. The number of nitrogens with zero attached hydrogens (tertiary/aromatic N) is 4. The van der Waals surface area contributed by atoms with Gasteiger partial charge in [-0.2, -0.15) is 15.4 Å². The standard InChI is InChI=1S/C12H9N5/c1-2-4-9(5-3-1)12-10(6-13-8-14-12)11-7-15-17-16-11/h1-8H,(H,15,16,17). The molecule has 1 aromatic carbocycles. The first-order valence-electron chi connectivity index (χ1n) is 5.17. The van der Waals surface area contributed by atoms with Crippen LogP contribution in [0.3, 0.4) is 0 Å². The summed E-state index contributed by atoms with van der Waals surface area (Å²) in [5.74, 6) is 0. The third-order valence-corrected chi connectivity index (χ3v) is 2.45. The molecular formula is C12H9N5. The molecule has 0 amide bonds. The maximum absolute atomic E-state index is 4.31. The second-order valence-corrected chi connectivity index (χ2v) is 3.51. The molecule has 2 heterocycles. The predicted molar refractivity (Wildman–Crippen MR) is 62.8 cm³/mol. The van der Waals surface area contributed by atoms with Gasteiger partial charge in [-0.15, -0.1) is 0 Å². The van der Waals surface area contributed by atoms with Gasteiger partial charge in [-0.05, 0) is 0 Å². The first-order valence-corrected chi connectivity index (χ1v) is 5.17. The molecule has 0 unspecified atom stereocenters. The van der Waals surface area contributed by atoms with Gasteiger partial charge in [0.15, 0.2) is 0 Å². The number of benzene rings is 1. The molecule has 2 aromatic heterocycles. The Labute approximate surface area is 97.6 Å². The number of aromatic amines is 1. The summed E-state index contributed by atoms with van der Waals surface area (Å²) in [7, 11) is 0. The summed E-state index contributed by atoms with van der Waals surface area (Å²) in [6.07, 6.45) is 4.93. The number of hydrogen-bond donors (Lipinski definition) is 1. The van der Waals surface area contributed by atoms with Gasteiger partial charge in [0.05, 0.1) is 11.9 Å². The smallest absolute Gasteiger partial charge is 0.116 e. The van der Waals surface area contributed by atoms with Crippen molar-refractivity contribution in [3.63, 3.8) is 0 Å². The van der Waals surface area contributed by atoms with E-state index < -0.39 is 0 Å². The summed E-state index contributed by atoms with van der Waals surface area (Å²) in [6, 6.07) is 9.94. The van der Waals surface area contributed by atoms with Crippen LogP contribution in [0.5, 0.6) is 0 Å². The van der Waals surface area contributed by atoms with Gasteiger partial charge in [0.25, 0.3) is 0 Å². The van der Waals surface area contributed by atoms with E-state index in [1.807, 2.05) is 30.3 Å². The first-order chi connectivity index (χ1) is 8.45. The summed E-state index contributed by atoms with van der Waals surface area (Å²) in [6.45, 7) is 0. The third-order valence-electron chi connectivity index (χ3n) is 2.45. The van der Waals surface area contributed by atoms with Crippen LogP contribution in [0.1, 0.15) is 0 Å². The van der Waals surface area contributed by atoms with E-state index in [-0.39, 0.29) is 0 Å². The fourth-order valence-electron chi connectivity index (χ4n) is 1.67. The van der Waals surface area contributed by atoms with Crippen LogP contribution in [0.4, 0.5) is 0 Å². The molecule has 0 aliphatic rings. The number of hydrogen-bond acceptors (Lipinski definition) is 4. The zero-order valence-corrected chi connectivity index (χ0v) is 8.91. The van der Waals surface area contributed by atoms with Crippen molar-refractivity contribution in [1.29, 1.82) is 0 Å². The van der Waals surface area contributed by atoms with Gasteiger partial charge in [0.2, 0.25) is 0 Å². The minimum atomic E-state index is 0.740. The molecule has 0 atom stereocenters. The molecule has 17 heavy (non-hydrogen) atoms. The lowest BCUT2D eigenvalue weighted by Crippen LogP contribution is -1.90. The zero-order valence-electron chi connectivity index (χ0n) is 8.91. The van der Waals surface area contributed by atoms with Gasteiger partial charge in [-0.1, -0.05) is 30.3 Å². The van der Waals surface area contributed by atoms with Crippen LogP contribution < -0.4 is 0 Å². The average Bonchev–Trinajstić information content (AvgIpc) is 2.94. The Kier molecular flexibility index (Phi) is 2.34. The largest absolute Gasteiger partial charge is 0.244 e. The van der Waals surface area contributed by atoms with Crippen molar-refractivity contribution < 1.29 is 0 Å². The Morgan fingerprint density at radius 2 is 1.88 bits per heavy atom. The fraction of sp³-hybridized carbons (Fsp3) is 0. The fourth-order valence-corrected chi connectivity index (χ4v) is 1.67. The van der Waals surface area contributed by atoms with Crippen molar-refractivity contribution in [3.05, 3.63) is 49.1 Å². The summed E-state index contributed by atoms with van der Waals surface area (Å²) in [4.78, 5) is 8.35. The Hall–Kier alpha value is -2.56. The highest BCUT2D eigenvalue weighted by molar-refractivity contribution is 5.77. The molecule has 0 saturated heterocycles. The molecule has 0 spiro atoms. The summed E-state index contributed by atoms with van der Waals surface area (Å²) < 4.78 is 0. The van der Waals surface area contributed by atoms with Gasteiger partial charge in [-0.25, -0.2) is 9.97 Å². The van der Waals surface area contributed by atoms with Crippen LogP contribution in [-0.2, 0) is 0 Å². The molecule has 5 nitrogen and oxygen atoms in total. The van der Waals surface area contributed by atoms with Gasteiger partial charge >= 0.3 is 0 Å². The highest BCUT2D eigenvalue weighted by Gasteiger charge is 2.10. The van der Waals surface area contributed by atoms with Crippen LogP contribution in [0.15, 0.2) is 49.1 Å². The molecule has 0 bridgehead atoms. The van der Waals surface area contributed by atoms with Gasteiger partial charge in [0, 0.05) is 17.3 Å². The molecule has 0 saturated carbocycles. The van der Waals surface area contributed by atoms with Crippen molar-refractivity contribution in [2.45, 2.75) is 0 Å². The SMILES string of the molecule is c1ccc(-c2ncncc2-c2cn[nH]n2)cc1. The molecule has 0 aliphatic heterocycles. The highest BCUT2D eigenvalue weighted by atomic mass is 15.3. The predicted octanol–water partition coefficient (Wildman–Crippen LogP) is 1.93.